The van der Waals surface area contributed by atoms with Gasteiger partial charge in [0.05, 0.1) is 29.5 Å². The third kappa shape index (κ3) is 3.54. The molecule has 1 aromatic rings. The Balaban J connectivity index is 1.50. The number of likely N-dealkylation sites (tertiary alicyclic amines) is 1. The van der Waals surface area contributed by atoms with Gasteiger partial charge in [-0.05, 0) is 57.8 Å². The lowest BCUT2D eigenvalue weighted by Crippen LogP contribution is -2.53. The minimum Gasteiger partial charge on any atom is -0.378 e. The number of nitrogens with zero attached hydrogens (tertiary/aromatic N) is 3. The van der Waals surface area contributed by atoms with E-state index in [1.165, 1.54) is 12.8 Å². The molecule has 6 heteroatoms. The SMILES string of the molecule is CCCn1ncc(C(=O)N2CC[C@]3(OC)CCC(OCC4CC4)CC23)c1C. The van der Waals surface area contributed by atoms with Gasteiger partial charge in [0.25, 0.3) is 5.91 Å². The number of aryl methyl sites for hydroxylation is 1. The minimum atomic E-state index is -0.206. The van der Waals surface area contributed by atoms with Crippen molar-refractivity contribution in [3.63, 3.8) is 0 Å². The fourth-order valence-corrected chi connectivity index (χ4v) is 4.86. The molecule has 4 rings (SSSR count). The van der Waals surface area contributed by atoms with Crippen molar-refractivity contribution in [2.75, 3.05) is 20.3 Å². The Kier molecular flexibility index (Phi) is 5.30. The van der Waals surface area contributed by atoms with Crippen LogP contribution in [0.4, 0.5) is 0 Å². The molecule has 150 valence electrons. The van der Waals surface area contributed by atoms with Crippen molar-refractivity contribution < 1.29 is 14.3 Å². The first-order valence-electron chi connectivity index (χ1n) is 10.6. The maximum Gasteiger partial charge on any atom is 0.257 e. The highest BCUT2D eigenvalue weighted by atomic mass is 16.5. The largest absolute Gasteiger partial charge is 0.378 e. The number of hydrogen-bond donors (Lipinski definition) is 0. The summed E-state index contributed by atoms with van der Waals surface area (Å²) in [5, 5.41) is 4.42. The first-order valence-corrected chi connectivity index (χ1v) is 10.6. The van der Waals surface area contributed by atoms with Gasteiger partial charge in [0.15, 0.2) is 0 Å². The summed E-state index contributed by atoms with van der Waals surface area (Å²) in [5.74, 6) is 0.870. The third-order valence-electron chi connectivity index (χ3n) is 6.84. The average molecular weight is 376 g/mol. The highest BCUT2D eigenvalue weighted by molar-refractivity contribution is 5.95. The number of methoxy groups -OCH3 is 1. The molecule has 6 nitrogen and oxygen atoms in total. The van der Waals surface area contributed by atoms with Gasteiger partial charge >= 0.3 is 0 Å². The number of fused-ring (bicyclic) bond motifs is 1. The van der Waals surface area contributed by atoms with E-state index in [0.29, 0.717) is 0 Å². The van der Waals surface area contributed by atoms with Gasteiger partial charge < -0.3 is 14.4 Å². The summed E-state index contributed by atoms with van der Waals surface area (Å²) in [6.07, 6.45) is 9.42. The van der Waals surface area contributed by atoms with Gasteiger partial charge in [-0.25, -0.2) is 0 Å². The second kappa shape index (κ2) is 7.55. The van der Waals surface area contributed by atoms with Crippen LogP contribution in [0.3, 0.4) is 0 Å². The van der Waals surface area contributed by atoms with Crippen LogP contribution >= 0.6 is 0 Å². The molecule has 0 radical (unpaired) electrons. The van der Waals surface area contributed by atoms with E-state index in [9.17, 15) is 4.79 Å². The van der Waals surface area contributed by atoms with Gasteiger partial charge in [-0.15, -0.1) is 0 Å². The van der Waals surface area contributed by atoms with Crippen LogP contribution in [-0.2, 0) is 16.0 Å². The van der Waals surface area contributed by atoms with Gasteiger partial charge in [0.2, 0.25) is 0 Å². The molecule has 1 aliphatic heterocycles. The van der Waals surface area contributed by atoms with Crippen molar-refractivity contribution in [2.45, 2.75) is 83.1 Å². The van der Waals surface area contributed by atoms with E-state index in [1.54, 1.807) is 13.3 Å². The van der Waals surface area contributed by atoms with Gasteiger partial charge in [0, 0.05) is 32.5 Å². The Morgan fingerprint density at radius 2 is 2.15 bits per heavy atom. The van der Waals surface area contributed by atoms with Crippen molar-refractivity contribution in [3.8, 4) is 0 Å². The quantitative estimate of drug-likeness (QED) is 0.734. The standard InChI is InChI=1S/C21H33N3O3/c1-4-10-24-15(2)18(13-22-24)20(25)23-11-9-21(26-3)8-7-17(12-19(21)23)27-14-16-5-6-16/h13,16-17,19H,4-12,14H2,1-3H3/t17?,19?,21-/m1/s1. The Bertz CT molecular complexity index is 684. The zero-order chi connectivity index (χ0) is 19.0. The van der Waals surface area contributed by atoms with Crippen LogP contribution in [0.1, 0.15) is 67.9 Å². The predicted octanol–water partition coefficient (Wildman–Crippen LogP) is 3.18. The molecule has 0 bridgehead atoms. The minimum absolute atomic E-state index is 0.0987. The third-order valence-corrected chi connectivity index (χ3v) is 6.84. The van der Waals surface area contributed by atoms with Crippen LogP contribution in [0.2, 0.25) is 0 Å². The Morgan fingerprint density at radius 3 is 2.85 bits per heavy atom. The lowest BCUT2D eigenvalue weighted by Gasteiger charge is -2.43. The Labute approximate surface area is 162 Å². The Hall–Kier alpha value is -1.40. The first-order chi connectivity index (χ1) is 13.1. The van der Waals surface area contributed by atoms with Gasteiger partial charge in [-0.1, -0.05) is 6.92 Å². The summed E-state index contributed by atoms with van der Waals surface area (Å²) in [6, 6.07) is 0.0990. The highest BCUT2D eigenvalue weighted by Crippen LogP contribution is 2.44. The lowest BCUT2D eigenvalue weighted by molar-refractivity contribution is -0.0977. The molecule has 2 heterocycles. The second-order valence-corrected chi connectivity index (χ2v) is 8.57. The molecule has 1 aromatic heterocycles. The molecule has 27 heavy (non-hydrogen) atoms. The molecule has 2 aliphatic carbocycles. The number of ether oxygens (including phenoxy) is 2. The summed E-state index contributed by atoms with van der Waals surface area (Å²) in [6.45, 7) is 6.61. The Morgan fingerprint density at radius 1 is 1.33 bits per heavy atom. The van der Waals surface area contributed by atoms with Crippen LogP contribution in [-0.4, -0.2) is 58.6 Å². The zero-order valence-electron chi connectivity index (χ0n) is 16.9. The van der Waals surface area contributed by atoms with Crippen LogP contribution in [0.25, 0.3) is 0 Å². The smallest absolute Gasteiger partial charge is 0.257 e. The summed E-state index contributed by atoms with van der Waals surface area (Å²) < 4.78 is 14.1. The van der Waals surface area contributed by atoms with E-state index in [-0.39, 0.29) is 23.7 Å². The number of rotatable bonds is 7. The molecule has 2 unspecified atom stereocenters. The lowest BCUT2D eigenvalue weighted by atomic mass is 9.79. The molecular weight excluding hydrogens is 342 g/mol. The number of carbonyl (C=O) groups is 1. The van der Waals surface area contributed by atoms with Crippen molar-refractivity contribution in [1.82, 2.24) is 14.7 Å². The monoisotopic (exact) mass is 375 g/mol. The molecule has 3 fully saturated rings. The summed E-state index contributed by atoms with van der Waals surface area (Å²) in [7, 11) is 1.80. The summed E-state index contributed by atoms with van der Waals surface area (Å²) in [5.41, 5.74) is 1.49. The average Bonchev–Trinajstić information content (AvgIpc) is 3.34. The van der Waals surface area contributed by atoms with E-state index in [1.807, 2.05) is 16.5 Å². The van der Waals surface area contributed by atoms with Gasteiger partial charge in [0.1, 0.15) is 0 Å². The zero-order valence-corrected chi connectivity index (χ0v) is 16.9. The molecule has 0 aromatic carbocycles. The molecule has 1 amide bonds. The number of hydrogen-bond acceptors (Lipinski definition) is 4. The van der Waals surface area contributed by atoms with Gasteiger partial charge in [-0.3, -0.25) is 9.48 Å². The maximum absolute atomic E-state index is 13.4. The van der Waals surface area contributed by atoms with E-state index in [2.05, 4.69) is 12.0 Å². The molecule has 1 saturated heterocycles. The normalized spacial score (nSPS) is 30.6. The van der Waals surface area contributed by atoms with E-state index in [0.717, 1.165) is 69.0 Å². The summed E-state index contributed by atoms with van der Waals surface area (Å²) in [4.78, 5) is 15.4. The van der Waals surface area contributed by atoms with Crippen molar-refractivity contribution >= 4 is 5.91 Å². The molecular formula is C21H33N3O3. The number of amides is 1. The fourth-order valence-electron chi connectivity index (χ4n) is 4.86. The van der Waals surface area contributed by atoms with Crippen LogP contribution in [0.15, 0.2) is 6.20 Å². The van der Waals surface area contributed by atoms with Crippen LogP contribution in [0, 0.1) is 12.8 Å². The first kappa shape index (κ1) is 18.9. The molecule has 0 N–H and O–H groups in total. The topological polar surface area (TPSA) is 56.6 Å². The van der Waals surface area contributed by atoms with Gasteiger partial charge in [-0.2, -0.15) is 5.10 Å². The van der Waals surface area contributed by atoms with E-state index >= 15 is 0 Å². The molecule has 2 saturated carbocycles. The number of carbonyl (C=O) groups excluding carboxylic acids is 1. The molecule has 3 aliphatic rings. The van der Waals surface area contributed by atoms with Crippen molar-refractivity contribution in [3.05, 3.63) is 17.5 Å². The maximum atomic E-state index is 13.4. The predicted molar refractivity (Wildman–Crippen MR) is 103 cm³/mol. The highest BCUT2D eigenvalue weighted by Gasteiger charge is 2.53. The fraction of sp³-hybridized carbons (Fsp3) is 0.810. The molecule has 0 spiro atoms. The van der Waals surface area contributed by atoms with E-state index in [4.69, 9.17) is 9.47 Å². The second-order valence-electron chi connectivity index (χ2n) is 8.57. The van der Waals surface area contributed by atoms with E-state index < -0.39 is 0 Å². The molecule has 3 atom stereocenters. The van der Waals surface area contributed by atoms with Crippen molar-refractivity contribution in [2.24, 2.45) is 5.92 Å². The summed E-state index contributed by atoms with van der Waals surface area (Å²) >= 11 is 0. The number of aromatic nitrogens is 2. The van der Waals surface area contributed by atoms with Crippen LogP contribution in [0.5, 0.6) is 0 Å². The van der Waals surface area contributed by atoms with Crippen LogP contribution < -0.4 is 0 Å². The van der Waals surface area contributed by atoms with Crippen molar-refractivity contribution in [1.29, 1.82) is 0 Å².